The molecule has 0 aromatic heterocycles. The Balaban J connectivity index is 1.92. The van der Waals surface area contributed by atoms with Gasteiger partial charge in [-0.25, -0.2) is 0 Å². The summed E-state index contributed by atoms with van der Waals surface area (Å²) in [5.41, 5.74) is 2.77. The summed E-state index contributed by atoms with van der Waals surface area (Å²) in [5.74, 6) is 0.931. The van der Waals surface area contributed by atoms with E-state index in [2.05, 4.69) is 53.3 Å². The molecule has 0 spiro atoms. The molecular formula is C13H18BrN. The van der Waals surface area contributed by atoms with Crippen LogP contribution in [0, 0.1) is 12.8 Å². The molecule has 0 radical (unpaired) electrons. The maximum absolute atomic E-state index is 3.61. The predicted molar refractivity (Wildman–Crippen MR) is 67.9 cm³/mol. The van der Waals surface area contributed by atoms with E-state index in [0.717, 1.165) is 12.5 Å². The minimum atomic E-state index is 0.674. The van der Waals surface area contributed by atoms with Crippen molar-refractivity contribution in [2.45, 2.75) is 39.3 Å². The molecule has 1 atom stereocenters. The van der Waals surface area contributed by atoms with Gasteiger partial charge >= 0.3 is 0 Å². The Morgan fingerprint density at radius 3 is 2.80 bits per heavy atom. The normalized spacial score (nSPS) is 17.8. The van der Waals surface area contributed by atoms with Crippen LogP contribution in [0.1, 0.15) is 30.9 Å². The zero-order valence-electron chi connectivity index (χ0n) is 9.39. The summed E-state index contributed by atoms with van der Waals surface area (Å²) in [7, 11) is 0. The first-order chi connectivity index (χ1) is 7.16. The smallest absolute Gasteiger partial charge is 0.0210 e. The lowest BCUT2D eigenvalue weighted by Crippen LogP contribution is -2.27. The molecule has 82 valence electrons. The highest BCUT2D eigenvalue weighted by atomic mass is 79.9. The Labute approximate surface area is 100 Å². The standard InChI is InChI=1S/C13H18BrN/c1-9-7-13(14)6-5-12(9)8-15-10(2)11-3-4-11/h5-7,10-11,15H,3-4,8H2,1-2H3. The topological polar surface area (TPSA) is 12.0 Å². The van der Waals surface area contributed by atoms with Crippen LogP contribution >= 0.6 is 15.9 Å². The first-order valence-electron chi connectivity index (χ1n) is 5.65. The fraction of sp³-hybridized carbons (Fsp3) is 0.538. The molecular weight excluding hydrogens is 250 g/mol. The molecule has 1 N–H and O–H groups in total. The number of benzene rings is 1. The zero-order valence-corrected chi connectivity index (χ0v) is 11.0. The summed E-state index contributed by atoms with van der Waals surface area (Å²) in [6, 6.07) is 7.17. The third-order valence-electron chi connectivity index (χ3n) is 3.25. The van der Waals surface area contributed by atoms with Gasteiger partial charge in [-0.3, -0.25) is 0 Å². The minimum absolute atomic E-state index is 0.674. The molecule has 1 aromatic rings. The fourth-order valence-electron chi connectivity index (χ4n) is 1.89. The monoisotopic (exact) mass is 267 g/mol. The van der Waals surface area contributed by atoms with Gasteiger partial charge in [-0.05, 0) is 55.9 Å². The van der Waals surface area contributed by atoms with Gasteiger partial charge in [0.2, 0.25) is 0 Å². The molecule has 15 heavy (non-hydrogen) atoms. The number of halogens is 1. The van der Waals surface area contributed by atoms with Crippen molar-refractivity contribution in [3.8, 4) is 0 Å². The van der Waals surface area contributed by atoms with Crippen molar-refractivity contribution in [1.82, 2.24) is 5.32 Å². The second kappa shape index (κ2) is 4.67. The van der Waals surface area contributed by atoms with Crippen LogP contribution in [0.4, 0.5) is 0 Å². The van der Waals surface area contributed by atoms with Gasteiger partial charge in [0.05, 0.1) is 0 Å². The SMILES string of the molecule is Cc1cc(Br)ccc1CNC(C)C1CC1. The predicted octanol–water partition coefficient (Wildman–Crippen LogP) is 3.65. The van der Waals surface area contributed by atoms with E-state index in [-0.39, 0.29) is 0 Å². The van der Waals surface area contributed by atoms with Gasteiger partial charge in [-0.2, -0.15) is 0 Å². The van der Waals surface area contributed by atoms with Crippen LogP contribution in [0.25, 0.3) is 0 Å². The number of hydrogen-bond donors (Lipinski definition) is 1. The van der Waals surface area contributed by atoms with Crippen LogP contribution in [-0.2, 0) is 6.54 Å². The van der Waals surface area contributed by atoms with Gasteiger partial charge in [0.1, 0.15) is 0 Å². The van der Waals surface area contributed by atoms with Crippen LogP contribution in [-0.4, -0.2) is 6.04 Å². The van der Waals surface area contributed by atoms with Crippen LogP contribution in [0.15, 0.2) is 22.7 Å². The number of nitrogens with one attached hydrogen (secondary N) is 1. The molecule has 1 aliphatic carbocycles. The van der Waals surface area contributed by atoms with E-state index in [4.69, 9.17) is 0 Å². The van der Waals surface area contributed by atoms with Crippen molar-refractivity contribution in [3.05, 3.63) is 33.8 Å². The molecule has 0 saturated heterocycles. The van der Waals surface area contributed by atoms with E-state index in [0.29, 0.717) is 6.04 Å². The average Bonchev–Trinajstić information content (AvgIpc) is 2.99. The quantitative estimate of drug-likeness (QED) is 0.879. The Morgan fingerprint density at radius 2 is 2.20 bits per heavy atom. The maximum atomic E-state index is 3.61. The second-order valence-corrected chi connectivity index (χ2v) is 5.49. The molecule has 1 aromatic carbocycles. The molecule has 2 heteroatoms. The Hall–Kier alpha value is -0.340. The molecule has 1 nitrogen and oxygen atoms in total. The van der Waals surface area contributed by atoms with Crippen molar-refractivity contribution in [2.75, 3.05) is 0 Å². The minimum Gasteiger partial charge on any atom is -0.310 e. The molecule has 0 heterocycles. The molecule has 0 bridgehead atoms. The van der Waals surface area contributed by atoms with Crippen molar-refractivity contribution in [2.24, 2.45) is 5.92 Å². The highest BCUT2D eigenvalue weighted by Crippen LogP contribution is 2.32. The summed E-state index contributed by atoms with van der Waals surface area (Å²) >= 11 is 3.49. The summed E-state index contributed by atoms with van der Waals surface area (Å²) in [4.78, 5) is 0. The lowest BCUT2D eigenvalue weighted by Gasteiger charge is -2.14. The van der Waals surface area contributed by atoms with Crippen molar-refractivity contribution < 1.29 is 0 Å². The summed E-state index contributed by atoms with van der Waals surface area (Å²) < 4.78 is 1.17. The summed E-state index contributed by atoms with van der Waals surface area (Å²) in [6.45, 7) is 5.46. The molecule has 1 aliphatic rings. The third kappa shape index (κ3) is 3.05. The van der Waals surface area contributed by atoms with Gasteiger partial charge < -0.3 is 5.32 Å². The van der Waals surface area contributed by atoms with E-state index >= 15 is 0 Å². The van der Waals surface area contributed by atoms with Crippen LogP contribution in [0.2, 0.25) is 0 Å². The highest BCUT2D eigenvalue weighted by Gasteiger charge is 2.27. The van der Waals surface area contributed by atoms with Crippen LogP contribution in [0.5, 0.6) is 0 Å². The van der Waals surface area contributed by atoms with E-state index in [1.165, 1.54) is 28.4 Å². The van der Waals surface area contributed by atoms with E-state index in [1.54, 1.807) is 0 Å². The molecule has 1 unspecified atom stereocenters. The third-order valence-corrected chi connectivity index (χ3v) is 3.74. The lowest BCUT2D eigenvalue weighted by atomic mass is 10.1. The number of rotatable bonds is 4. The molecule has 1 fully saturated rings. The van der Waals surface area contributed by atoms with Gasteiger partial charge in [-0.1, -0.05) is 22.0 Å². The zero-order chi connectivity index (χ0) is 10.8. The number of aryl methyl sites for hydroxylation is 1. The van der Waals surface area contributed by atoms with Crippen molar-refractivity contribution in [3.63, 3.8) is 0 Å². The summed E-state index contributed by atoms with van der Waals surface area (Å²) in [6.07, 6.45) is 2.82. The molecule has 1 saturated carbocycles. The molecule has 0 aliphatic heterocycles. The van der Waals surface area contributed by atoms with E-state index in [1.807, 2.05) is 0 Å². The van der Waals surface area contributed by atoms with Gasteiger partial charge in [0, 0.05) is 17.1 Å². The Bertz CT molecular complexity index is 344. The maximum Gasteiger partial charge on any atom is 0.0210 e. The van der Waals surface area contributed by atoms with Crippen LogP contribution < -0.4 is 5.32 Å². The molecule has 0 amide bonds. The summed E-state index contributed by atoms with van der Waals surface area (Å²) in [5, 5.41) is 3.61. The average molecular weight is 268 g/mol. The number of hydrogen-bond acceptors (Lipinski definition) is 1. The van der Waals surface area contributed by atoms with E-state index in [9.17, 15) is 0 Å². The van der Waals surface area contributed by atoms with Gasteiger partial charge in [0.25, 0.3) is 0 Å². The van der Waals surface area contributed by atoms with Crippen molar-refractivity contribution in [1.29, 1.82) is 0 Å². The second-order valence-electron chi connectivity index (χ2n) is 4.58. The Kier molecular flexibility index (Phi) is 3.47. The van der Waals surface area contributed by atoms with Gasteiger partial charge in [-0.15, -0.1) is 0 Å². The van der Waals surface area contributed by atoms with E-state index < -0.39 is 0 Å². The van der Waals surface area contributed by atoms with Gasteiger partial charge in [0.15, 0.2) is 0 Å². The largest absolute Gasteiger partial charge is 0.310 e. The first kappa shape index (κ1) is 11.2. The lowest BCUT2D eigenvalue weighted by molar-refractivity contribution is 0.495. The highest BCUT2D eigenvalue weighted by molar-refractivity contribution is 9.10. The first-order valence-corrected chi connectivity index (χ1v) is 6.44. The molecule has 2 rings (SSSR count). The Morgan fingerprint density at radius 1 is 1.47 bits per heavy atom. The van der Waals surface area contributed by atoms with Crippen LogP contribution in [0.3, 0.4) is 0 Å². The van der Waals surface area contributed by atoms with Crippen molar-refractivity contribution >= 4 is 15.9 Å². The fourth-order valence-corrected chi connectivity index (χ4v) is 2.37.